The highest BCUT2D eigenvalue weighted by atomic mass is 79.9. The van der Waals surface area contributed by atoms with Crippen molar-refractivity contribution in [3.8, 4) is 0 Å². The lowest BCUT2D eigenvalue weighted by Crippen LogP contribution is -1.94. The van der Waals surface area contributed by atoms with Gasteiger partial charge in [-0.2, -0.15) is 0 Å². The molecule has 0 N–H and O–H groups in total. The Balaban J connectivity index is 0.000000226. The summed E-state index contributed by atoms with van der Waals surface area (Å²) in [7, 11) is 1.38. The first kappa shape index (κ1) is 12.2. The van der Waals surface area contributed by atoms with Crippen molar-refractivity contribution in [3.63, 3.8) is 0 Å². The van der Waals surface area contributed by atoms with Crippen molar-refractivity contribution < 1.29 is 9.53 Å². The molecule has 0 fully saturated rings. The van der Waals surface area contributed by atoms with Crippen molar-refractivity contribution in [1.29, 1.82) is 0 Å². The zero-order valence-electron chi connectivity index (χ0n) is 7.79. The second kappa shape index (κ2) is 7.80. The summed E-state index contributed by atoms with van der Waals surface area (Å²) in [6, 6.07) is 9.97. The van der Waals surface area contributed by atoms with Gasteiger partial charge in [-0.3, -0.25) is 4.79 Å². The molecule has 0 amide bonds. The summed E-state index contributed by atoms with van der Waals surface area (Å²) in [5, 5.41) is 0. The van der Waals surface area contributed by atoms with Gasteiger partial charge in [0.2, 0.25) is 0 Å². The van der Waals surface area contributed by atoms with Crippen LogP contribution in [0.4, 0.5) is 0 Å². The summed E-state index contributed by atoms with van der Waals surface area (Å²) >= 11 is 3.31. The highest BCUT2D eigenvalue weighted by Gasteiger charge is 1.87. The first-order valence-corrected chi connectivity index (χ1v) is 4.77. The second-order valence-corrected chi connectivity index (χ2v) is 3.14. The van der Waals surface area contributed by atoms with Crippen LogP contribution in [0.15, 0.2) is 34.8 Å². The Morgan fingerprint density at radius 1 is 1.38 bits per heavy atom. The molecule has 3 heteroatoms. The van der Waals surface area contributed by atoms with Gasteiger partial charge in [0.1, 0.15) is 0 Å². The number of carbonyl (C=O) groups excluding carboxylic acids is 1. The summed E-state index contributed by atoms with van der Waals surface area (Å²) in [4.78, 5) is 9.96. The Morgan fingerprint density at radius 2 is 1.92 bits per heavy atom. The quantitative estimate of drug-likeness (QED) is 0.711. The smallest absolute Gasteiger partial charge is 0.305 e. The molecular formula is C10H13BrO2. The molecule has 0 saturated carbocycles. The van der Waals surface area contributed by atoms with E-state index < -0.39 is 0 Å². The molecule has 2 nitrogen and oxygen atoms in total. The Labute approximate surface area is 87.0 Å². The number of methoxy groups -OCH3 is 1. The Morgan fingerprint density at radius 3 is 2.08 bits per heavy atom. The number of carbonyl (C=O) groups is 1. The summed E-state index contributed by atoms with van der Waals surface area (Å²) in [6.07, 6.45) is 0.469. The standard InChI is InChI=1S/C6H5Br.C4H8O2/c7-6-4-2-1-3-5-6;1-3-4(5)6-2/h1-5H;3H2,1-2H3. The average Bonchev–Trinajstić information content (AvgIpc) is 2.19. The fraction of sp³-hybridized carbons (Fsp3) is 0.300. The van der Waals surface area contributed by atoms with E-state index in [1.807, 2.05) is 30.3 Å². The molecule has 0 radical (unpaired) electrons. The van der Waals surface area contributed by atoms with Gasteiger partial charge in [-0.05, 0) is 12.1 Å². The van der Waals surface area contributed by atoms with Crippen LogP contribution in [-0.4, -0.2) is 13.1 Å². The Bertz CT molecular complexity index is 228. The molecule has 0 saturated heterocycles. The van der Waals surface area contributed by atoms with Gasteiger partial charge < -0.3 is 4.74 Å². The predicted octanol–water partition coefficient (Wildman–Crippen LogP) is 3.02. The monoisotopic (exact) mass is 244 g/mol. The van der Waals surface area contributed by atoms with Gasteiger partial charge in [0.05, 0.1) is 7.11 Å². The van der Waals surface area contributed by atoms with Gasteiger partial charge in [-0.1, -0.05) is 41.1 Å². The lowest BCUT2D eigenvalue weighted by Gasteiger charge is -1.87. The van der Waals surface area contributed by atoms with Crippen LogP contribution in [0.5, 0.6) is 0 Å². The van der Waals surface area contributed by atoms with Crippen molar-refractivity contribution in [2.24, 2.45) is 0 Å². The van der Waals surface area contributed by atoms with Crippen LogP contribution in [-0.2, 0) is 9.53 Å². The minimum absolute atomic E-state index is 0.157. The third-order valence-corrected chi connectivity index (χ3v) is 1.78. The molecule has 1 aromatic rings. The number of rotatable bonds is 1. The Hall–Kier alpha value is -0.830. The van der Waals surface area contributed by atoms with Crippen molar-refractivity contribution >= 4 is 21.9 Å². The van der Waals surface area contributed by atoms with E-state index in [0.29, 0.717) is 6.42 Å². The van der Waals surface area contributed by atoms with Crippen molar-refractivity contribution in [1.82, 2.24) is 0 Å². The number of ether oxygens (including phenoxy) is 1. The SMILES string of the molecule is Brc1ccccc1.CCC(=O)OC. The number of hydrogen-bond donors (Lipinski definition) is 0. The van der Waals surface area contributed by atoms with Gasteiger partial charge in [-0.25, -0.2) is 0 Å². The van der Waals surface area contributed by atoms with Gasteiger partial charge in [0, 0.05) is 10.9 Å². The number of halogens is 1. The molecule has 0 heterocycles. The van der Waals surface area contributed by atoms with Crippen LogP contribution in [0.25, 0.3) is 0 Å². The van der Waals surface area contributed by atoms with E-state index >= 15 is 0 Å². The van der Waals surface area contributed by atoms with Gasteiger partial charge in [0.25, 0.3) is 0 Å². The van der Waals surface area contributed by atoms with Gasteiger partial charge >= 0.3 is 5.97 Å². The molecule has 13 heavy (non-hydrogen) atoms. The number of esters is 1. The maximum Gasteiger partial charge on any atom is 0.305 e. The Kier molecular flexibility index (Phi) is 7.30. The lowest BCUT2D eigenvalue weighted by molar-refractivity contribution is -0.140. The molecule has 0 aromatic heterocycles. The molecule has 0 spiro atoms. The van der Waals surface area contributed by atoms with E-state index in [-0.39, 0.29) is 5.97 Å². The third-order valence-electron chi connectivity index (χ3n) is 1.25. The van der Waals surface area contributed by atoms with Crippen molar-refractivity contribution in [3.05, 3.63) is 34.8 Å². The van der Waals surface area contributed by atoms with Crippen LogP contribution < -0.4 is 0 Å². The third kappa shape index (κ3) is 7.53. The zero-order chi connectivity index (χ0) is 10.1. The number of hydrogen-bond acceptors (Lipinski definition) is 2. The molecule has 0 aliphatic heterocycles. The molecule has 72 valence electrons. The summed E-state index contributed by atoms with van der Waals surface area (Å²) < 4.78 is 5.39. The largest absolute Gasteiger partial charge is 0.469 e. The molecule has 1 rings (SSSR count). The average molecular weight is 245 g/mol. The molecule has 0 aliphatic rings. The fourth-order valence-electron chi connectivity index (χ4n) is 0.559. The van der Waals surface area contributed by atoms with Crippen LogP contribution in [0.2, 0.25) is 0 Å². The summed E-state index contributed by atoms with van der Waals surface area (Å²) in [6.45, 7) is 1.76. The van der Waals surface area contributed by atoms with E-state index in [1.54, 1.807) is 6.92 Å². The summed E-state index contributed by atoms with van der Waals surface area (Å²) in [5.41, 5.74) is 0. The lowest BCUT2D eigenvalue weighted by atomic mass is 10.4. The van der Waals surface area contributed by atoms with Crippen LogP contribution in [0.1, 0.15) is 13.3 Å². The second-order valence-electron chi connectivity index (χ2n) is 2.23. The minimum atomic E-state index is -0.157. The normalized spacial score (nSPS) is 8.23. The van der Waals surface area contributed by atoms with Crippen LogP contribution >= 0.6 is 15.9 Å². The molecule has 0 atom stereocenters. The topological polar surface area (TPSA) is 26.3 Å². The van der Waals surface area contributed by atoms with E-state index in [1.165, 1.54) is 7.11 Å². The van der Waals surface area contributed by atoms with Gasteiger partial charge in [0.15, 0.2) is 0 Å². The maximum absolute atomic E-state index is 9.96. The first-order valence-electron chi connectivity index (χ1n) is 3.98. The fourth-order valence-corrected chi connectivity index (χ4v) is 0.864. The van der Waals surface area contributed by atoms with E-state index in [4.69, 9.17) is 0 Å². The zero-order valence-corrected chi connectivity index (χ0v) is 9.37. The highest BCUT2D eigenvalue weighted by Crippen LogP contribution is 2.05. The molecule has 0 unspecified atom stereocenters. The molecule has 0 bridgehead atoms. The maximum atomic E-state index is 9.96. The van der Waals surface area contributed by atoms with E-state index in [0.717, 1.165) is 4.47 Å². The summed E-state index contributed by atoms with van der Waals surface area (Å²) in [5.74, 6) is -0.157. The first-order chi connectivity index (χ1) is 6.20. The number of benzene rings is 1. The highest BCUT2D eigenvalue weighted by molar-refractivity contribution is 9.10. The van der Waals surface area contributed by atoms with E-state index in [2.05, 4.69) is 20.7 Å². The van der Waals surface area contributed by atoms with Crippen LogP contribution in [0, 0.1) is 0 Å². The molecule has 1 aromatic carbocycles. The van der Waals surface area contributed by atoms with Crippen LogP contribution in [0.3, 0.4) is 0 Å². The van der Waals surface area contributed by atoms with Crippen molar-refractivity contribution in [2.45, 2.75) is 13.3 Å². The molecular weight excluding hydrogens is 232 g/mol. The predicted molar refractivity (Wildman–Crippen MR) is 56.4 cm³/mol. The molecule has 0 aliphatic carbocycles. The minimum Gasteiger partial charge on any atom is -0.469 e. The van der Waals surface area contributed by atoms with Crippen molar-refractivity contribution in [2.75, 3.05) is 7.11 Å². The van der Waals surface area contributed by atoms with Gasteiger partial charge in [-0.15, -0.1) is 0 Å². The van der Waals surface area contributed by atoms with E-state index in [9.17, 15) is 4.79 Å².